The SMILES string of the molecule is Cc1ccc2cn[nH]c2c1-c1c(Cl)cc2c(N3CC(C)CCC(C)C3)nc(OC[C@@]34CCCN3C[C@H](F)C4)nc2c1F. The molecule has 2 aromatic heterocycles. The van der Waals surface area contributed by atoms with E-state index in [0.717, 1.165) is 61.8 Å². The molecule has 10 heteroatoms. The zero-order valence-electron chi connectivity index (χ0n) is 24.4. The van der Waals surface area contributed by atoms with Crippen molar-refractivity contribution in [1.82, 2.24) is 25.1 Å². The first kappa shape index (κ1) is 27.8. The van der Waals surface area contributed by atoms with Gasteiger partial charge in [-0.1, -0.05) is 37.6 Å². The number of aryl methyl sites for hydroxylation is 1. The average Bonchev–Trinajstić information content (AvgIpc) is 3.62. The number of H-pyrrole nitrogens is 1. The summed E-state index contributed by atoms with van der Waals surface area (Å²) in [5, 5.41) is 8.93. The third-order valence-electron chi connectivity index (χ3n) is 9.66. The van der Waals surface area contributed by atoms with Gasteiger partial charge in [0.05, 0.1) is 22.3 Å². The molecule has 3 aliphatic rings. The number of ether oxygens (including phenoxy) is 1. The number of nitrogens with zero attached hydrogens (tertiary/aromatic N) is 5. The lowest BCUT2D eigenvalue weighted by Crippen LogP contribution is -2.43. The Morgan fingerprint density at radius 3 is 2.69 bits per heavy atom. The minimum absolute atomic E-state index is 0.120. The molecule has 2 aromatic carbocycles. The summed E-state index contributed by atoms with van der Waals surface area (Å²) in [5.74, 6) is 1.03. The fourth-order valence-electron chi connectivity index (χ4n) is 7.53. The number of anilines is 1. The lowest BCUT2D eigenvalue weighted by atomic mass is 9.95. The van der Waals surface area contributed by atoms with Gasteiger partial charge in [-0.25, -0.2) is 8.78 Å². The second-order valence-electron chi connectivity index (χ2n) is 12.9. The van der Waals surface area contributed by atoms with Crippen LogP contribution in [0.1, 0.15) is 51.5 Å². The fraction of sp³-hybridized carbons (Fsp3) is 0.531. The number of fused-ring (bicyclic) bond motifs is 3. The first-order chi connectivity index (χ1) is 20.2. The molecule has 7 nitrogen and oxygen atoms in total. The van der Waals surface area contributed by atoms with Crippen LogP contribution in [0.2, 0.25) is 5.02 Å². The third kappa shape index (κ3) is 4.69. The Morgan fingerprint density at radius 2 is 1.90 bits per heavy atom. The van der Waals surface area contributed by atoms with Crippen molar-refractivity contribution < 1.29 is 13.5 Å². The molecule has 7 rings (SSSR count). The maximum absolute atomic E-state index is 16.9. The lowest BCUT2D eigenvalue weighted by Gasteiger charge is -2.31. The number of hydrogen-bond donors (Lipinski definition) is 1. The standard InChI is InChI=1S/C32H37ClF2N6O/c1-18-5-6-19(2)15-40(14-18)30-23-11-24(33)26(25-20(3)7-8-21-13-36-39-28(21)25)27(35)29(23)37-31(38-30)42-17-32-9-4-10-41(32)16-22(34)12-32/h7-8,11,13,18-19,22H,4-6,9-10,12,14-17H2,1-3H3,(H,36,39)/t18?,19?,22-,32+/m1/s1. The van der Waals surface area contributed by atoms with Gasteiger partial charge in [0.1, 0.15) is 24.1 Å². The number of benzene rings is 2. The van der Waals surface area contributed by atoms with Crippen molar-refractivity contribution in [2.75, 3.05) is 37.7 Å². The number of aromatic nitrogens is 4. The van der Waals surface area contributed by atoms with Crippen molar-refractivity contribution in [2.24, 2.45) is 11.8 Å². The zero-order chi connectivity index (χ0) is 29.2. The lowest BCUT2D eigenvalue weighted by molar-refractivity contribution is 0.107. The van der Waals surface area contributed by atoms with Gasteiger partial charge in [-0.15, -0.1) is 0 Å². The van der Waals surface area contributed by atoms with Gasteiger partial charge in [-0.3, -0.25) is 10.00 Å². The fourth-order valence-corrected chi connectivity index (χ4v) is 7.82. The number of alkyl halides is 1. The molecular weight excluding hydrogens is 558 g/mol. The third-order valence-corrected chi connectivity index (χ3v) is 9.96. The average molecular weight is 595 g/mol. The van der Waals surface area contributed by atoms with E-state index >= 15 is 4.39 Å². The maximum Gasteiger partial charge on any atom is 0.319 e. The van der Waals surface area contributed by atoms with E-state index in [2.05, 4.69) is 38.8 Å². The van der Waals surface area contributed by atoms with Gasteiger partial charge in [0, 0.05) is 48.0 Å². The van der Waals surface area contributed by atoms with E-state index in [1.54, 1.807) is 12.3 Å². The van der Waals surface area contributed by atoms with E-state index in [1.165, 1.54) is 0 Å². The molecule has 2 unspecified atom stereocenters. The van der Waals surface area contributed by atoms with Gasteiger partial charge in [0.2, 0.25) is 0 Å². The van der Waals surface area contributed by atoms with E-state index in [9.17, 15) is 4.39 Å². The maximum atomic E-state index is 16.9. The second-order valence-corrected chi connectivity index (χ2v) is 13.3. The summed E-state index contributed by atoms with van der Waals surface area (Å²) in [6, 6.07) is 5.81. The van der Waals surface area contributed by atoms with Gasteiger partial charge in [-0.2, -0.15) is 15.1 Å². The minimum atomic E-state index is -0.863. The molecule has 0 aliphatic carbocycles. The van der Waals surface area contributed by atoms with Crippen LogP contribution in [0.4, 0.5) is 14.6 Å². The smallest absolute Gasteiger partial charge is 0.319 e. The summed E-state index contributed by atoms with van der Waals surface area (Å²) < 4.78 is 37.6. The van der Waals surface area contributed by atoms with E-state index in [4.69, 9.17) is 21.3 Å². The number of aromatic amines is 1. The van der Waals surface area contributed by atoms with Crippen LogP contribution in [-0.4, -0.2) is 69.6 Å². The molecule has 0 bridgehead atoms. The molecule has 3 aliphatic heterocycles. The minimum Gasteiger partial charge on any atom is -0.461 e. The van der Waals surface area contributed by atoms with Gasteiger partial charge in [0.25, 0.3) is 0 Å². The molecular formula is C32H37ClF2N6O. The predicted octanol–water partition coefficient (Wildman–Crippen LogP) is 7.10. The van der Waals surface area contributed by atoms with E-state index in [1.807, 2.05) is 19.1 Å². The Bertz CT molecular complexity index is 1650. The summed E-state index contributed by atoms with van der Waals surface area (Å²) >= 11 is 6.92. The van der Waals surface area contributed by atoms with Crippen LogP contribution >= 0.6 is 11.6 Å². The first-order valence-corrected chi connectivity index (χ1v) is 15.5. The van der Waals surface area contributed by atoms with Crippen LogP contribution in [-0.2, 0) is 0 Å². The van der Waals surface area contributed by atoms with Crippen molar-refractivity contribution in [3.63, 3.8) is 0 Å². The topological polar surface area (TPSA) is 70.2 Å². The van der Waals surface area contributed by atoms with E-state index in [-0.39, 0.29) is 29.2 Å². The molecule has 0 amide bonds. The van der Waals surface area contributed by atoms with Gasteiger partial charge in [-0.05, 0) is 62.6 Å². The second kappa shape index (κ2) is 10.6. The van der Waals surface area contributed by atoms with Crippen LogP contribution in [0.15, 0.2) is 24.4 Å². The summed E-state index contributed by atoms with van der Waals surface area (Å²) in [4.78, 5) is 14.0. The quantitative estimate of drug-likeness (QED) is 0.266. The number of rotatable bonds is 5. The summed E-state index contributed by atoms with van der Waals surface area (Å²) in [5.41, 5.74) is 2.34. The normalized spacial score (nSPS) is 26.7. The molecule has 5 heterocycles. The predicted molar refractivity (Wildman–Crippen MR) is 163 cm³/mol. The molecule has 222 valence electrons. The largest absolute Gasteiger partial charge is 0.461 e. The molecule has 3 fully saturated rings. The van der Waals surface area contributed by atoms with Crippen molar-refractivity contribution in [3.8, 4) is 17.1 Å². The highest BCUT2D eigenvalue weighted by molar-refractivity contribution is 6.35. The van der Waals surface area contributed by atoms with Crippen LogP contribution in [0.5, 0.6) is 6.01 Å². The van der Waals surface area contributed by atoms with E-state index < -0.39 is 12.0 Å². The van der Waals surface area contributed by atoms with Crippen LogP contribution in [0, 0.1) is 24.6 Å². The molecule has 1 N–H and O–H groups in total. The summed E-state index contributed by atoms with van der Waals surface area (Å²) in [6.45, 7) is 9.59. The number of hydrogen-bond acceptors (Lipinski definition) is 6. The van der Waals surface area contributed by atoms with Crippen molar-refractivity contribution in [2.45, 2.75) is 64.6 Å². The van der Waals surface area contributed by atoms with Gasteiger partial charge < -0.3 is 9.64 Å². The molecule has 42 heavy (non-hydrogen) atoms. The molecule has 3 saturated heterocycles. The monoisotopic (exact) mass is 594 g/mol. The molecule has 4 atom stereocenters. The molecule has 0 radical (unpaired) electrons. The Kier molecular flexibility index (Phi) is 7.01. The van der Waals surface area contributed by atoms with Crippen LogP contribution < -0.4 is 9.64 Å². The van der Waals surface area contributed by atoms with E-state index in [0.29, 0.717) is 46.6 Å². The molecule has 0 saturated carbocycles. The summed E-state index contributed by atoms with van der Waals surface area (Å²) in [6.07, 6.45) is 5.43. The highest BCUT2D eigenvalue weighted by Crippen LogP contribution is 2.44. The van der Waals surface area contributed by atoms with Gasteiger partial charge >= 0.3 is 6.01 Å². The number of nitrogens with one attached hydrogen (secondary N) is 1. The Balaban J connectivity index is 1.38. The Morgan fingerprint density at radius 1 is 1.12 bits per heavy atom. The highest BCUT2D eigenvalue weighted by atomic mass is 35.5. The first-order valence-electron chi connectivity index (χ1n) is 15.1. The highest BCUT2D eigenvalue weighted by Gasteiger charge is 2.49. The van der Waals surface area contributed by atoms with Crippen molar-refractivity contribution >= 4 is 39.2 Å². The Labute approximate surface area is 249 Å². The van der Waals surface area contributed by atoms with Gasteiger partial charge in [0.15, 0.2) is 5.82 Å². The van der Waals surface area contributed by atoms with Crippen LogP contribution in [0.25, 0.3) is 32.9 Å². The Hall–Kier alpha value is -3.04. The van der Waals surface area contributed by atoms with Crippen molar-refractivity contribution in [3.05, 3.63) is 40.8 Å². The number of halogens is 3. The zero-order valence-corrected chi connectivity index (χ0v) is 25.1. The van der Waals surface area contributed by atoms with Crippen LogP contribution in [0.3, 0.4) is 0 Å². The molecule has 0 spiro atoms. The summed E-state index contributed by atoms with van der Waals surface area (Å²) in [7, 11) is 0. The van der Waals surface area contributed by atoms with Crippen molar-refractivity contribution in [1.29, 1.82) is 0 Å². The molecule has 4 aromatic rings.